The fourth-order valence-electron chi connectivity index (χ4n) is 2.37. The Hall–Kier alpha value is -1.35. The lowest BCUT2D eigenvalue weighted by molar-refractivity contribution is -0.149. The lowest BCUT2D eigenvalue weighted by Gasteiger charge is -2.29. The van der Waals surface area contributed by atoms with E-state index in [4.69, 9.17) is 9.47 Å². The zero-order chi connectivity index (χ0) is 12.8. The van der Waals surface area contributed by atoms with Gasteiger partial charge in [-0.1, -0.05) is 30.3 Å². The monoisotopic (exact) mass is 248 g/mol. The molecule has 2 rings (SSSR count). The Morgan fingerprint density at radius 3 is 2.83 bits per heavy atom. The van der Waals surface area contributed by atoms with Gasteiger partial charge in [-0.15, -0.1) is 0 Å². The standard InChI is InChI=1S/C15H20O3/c1-2-17-15(16)11-13-9-6-10-14(18-13)12-7-4-3-5-8-12/h3-5,7-8,13-14H,2,6,9-11H2,1H3/t13-,14+/m1/s1. The van der Waals surface area contributed by atoms with Gasteiger partial charge in [0.15, 0.2) is 0 Å². The molecule has 1 aliphatic heterocycles. The minimum atomic E-state index is -0.156. The SMILES string of the molecule is CCOC(=O)C[C@H]1CCC[C@@H](c2ccccc2)O1. The molecule has 18 heavy (non-hydrogen) atoms. The molecule has 0 saturated carbocycles. The maximum atomic E-state index is 11.5. The molecule has 0 amide bonds. The van der Waals surface area contributed by atoms with E-state index in [0.29, 0.717) is 13.0 Å². The molecule has 1 aromatic rings. The molecule has 0 N–H and O–H groups in total. The van der Waals surface area contributed by atoms with Crippen LogP contribution in [0.2, 0.25) is 0 Å². The molecule has 0 bridgehead atoms. The second-order valence-electron chi connectivity index (χ2n) is 4.60. The molecule has 1 saturated heterocycles. The number of rotatable bonds is 4. The van der Waals surface area contributed by atoms with Gasteiger partial charge in [0.1, 0.15) is 0 Å². The summed E-state index contributed by atoms with van der Waals surface area (Å²) in [6, 6.07) is 10.2. The second-order valence-corrected chi connectivity index (χ2v) is 4.60. The molecule has 0 radical (unpaired) electrons. The van der Waals surface area contributed by atoms with E-state index in [1.54, 1.807) is 0 Å². The van der Waals surface area contributed by atoms with Crippen molar-refractivity contribution in [2.45, 2.75) is 44.8 Å². The van der Waals surface area contributed by atoms with E-state index in [0.717, 1.165) is 19.3 Å². The summed E-state index contributed by atoms with van der Waals surface area (Å²) < 4.78 is 11.0. The van der Waals surface area contributed by atoms with Crippen molar-refractivity contribution in [3.63, 3.8) is 0 Å². The van der Waals surface area contributed by atoms with Crippen LogP contribution >= 0.6 is 0 Å². The Bertz CT molecular complexity index is 375. The average Bonchev–Trinajstić information content (AvgIpc) is 2.40. The Kier molecular flexibility index (Phi) is 4.76. The number of hydrogen-bond acceptors (Lipinski definition) is 3. The molecule has 3 nitrogen and oxygen atoms in total. The maximum Gasteiger partial charge on any atom is 0.308 e. The topological polar surface area (TPSA) is 35.5 Å². The molecule has 3 heteroatoms. The van der Waals surface area contributed by atoms with Crippen LogP contribution in [0.5, 0.6) is 0 Å². The number of benzene rings is 1. The van der Waals surface area contributed by atoms with E-state index in [9.17, 15) is 4.79 Å². The third-order valence-corrected chi connectivity index (χ3v) is 3.22. The van der Waals surface area contributed by atoms with Crippen molar-refractivity contribution in [3.05, 3.63) is 35.9 Å². The van der Waals surface area contributed by atoms with Crippen LogP contribution in [0.15, 0.2) is 30.3 Å². The highest BCUT2D eigenvalue weighted by molar-refractivity contribution is 5.69. The molecule has 98 valence electrons. The van der Waals surface area contributed by atoms with Crippen LogP contribution < -0.4 is 0 Å². The van der Waals surface area contributed by atoms with Crippen LogP contribution in [-0.2, 0) is 14.3 Å². The number of esters is 1. The highest BCUT2D eigenvalue weighted by Crippen LogP contribution is 2.32. The summed E-state index contributed by atoms with van der Waals surface area (Å²) in [4.78, 5) is 11.5. The molecule has 1 aliphatic rings. The van der Waals surface area contributed by atoms with E-state index >= 15 is 0 Å². The van der Waals surface area contributed by atoms with Crippen LogP contribution in [0.25, 0.3) is 0 Å². The van der Waals surface area contributed by atoms with Gasteiger partial charge >= 0.3 is 5.97 Å². The predicted octanol–water partition coefficient (Wildman–Crippen LogP) is 3.25. The van der Waals surface area contributed by atoms with Gasteiger partial charge in [-0.2, -0.15) is 0 Å². The molecule has 0 unspecified atom stereocenters. The van der Waals surface area contributed by atoms with Crippen LogP contribution in [0.3, 0.4) is 0 Å². The average molecular weight is 248 g/mol. The van der Waals surface area contributed by atoms with Crippen molar-refractivity contribution in [2.24, 2.45) is 0 Å². The molecule has 0 aromatic heterocycles. The Morgan fingerprint density at radius 2 is 2.11 bits per heavy atom. The van der Waals surface area contributed by atoms with Gasteiger partial charge in [-0.3, -0.25) is 4.79 Å². The van der Waals surface area contributed by atoms with Crippen molar-refractivity contribution in [1.82, 2.24) is 0 Å². The summed E-state index contributed by atoms with van der Waals surface area (Å²) in [5.74, 6) is -0.156. The number of carbonyl (C=O) groups excluding carboxylic acids is 1. The van der Waals surface area contributed by atoms with Gasteiger partial charge in [-0.05, 0) is 31.7 Å². The van der Waals surface area contributed by atoms with E-state index in [1.165, 1.54) is 5.56 Å². The van der Waals surface area contributed by atoms with Crippen molar-refractivity contribution < 1.29 is 14.3 Å². The summed E-state index contributed by atoms with van der Waals surface area (Å²) in [5.41, 5.74) is 1.20. The van der Waals surface area contributed by atoms with Gasteiger partial charge in [0, 0.05) is 0 Å². The fraction of sp³-hybridized carbons (Fsp3) is 0.533. The zero-order valence-electron chi connectivity index (χ0n) is 10.8. The summed E-state index contributed by atoms with van der Waals surface area (Å²) >= 11 is 0. The lowest BCUT2D eigenvalue weighted by atomic mass is 9.97. The van der Waals surface area contributed by atoms with Crippen molar-refractivity contribution in [2.75, 3.05) is 6.61 Å². The number of ether oxygens (including phenoxy) is 2. The molecule has 0 aliphatic carbocycles. The fourth-order valence-corrected chi connectivity index (χ4v) is 2.37. The molecule has 1 aromatic carbocycles. The van der Waals surface area contributed by atoms with E-state index in [2.05, 4.69) is 12.1 Å². The molecule has 2 atom stereocenters. The van der Waals surface area contributed by atoms with E-state index in [1.807, 2.05) is 25.1 Å². The first-order valence-corrected chi connectivity index (χ1v) is 6.65. The van der Waals surface area contributed by atoms with Gasteiger partial charge < -0.3 is 9.47 Å². The second kappa shape index (κ2) is 6.55. The highest BCUT2D eigenvalue weighted by atomic mass is 16.5. The van der Waals surface area contributed by atoms with Crippen LogP contribution in [0.1, 0.15) is 44.3 Å². The van der Waals surface area contributed by atoms with E-state index in [-0.39, 0.29) is 18.2 Å². The van der Waals surface area contributed by atoms with Crippen molar-refractivity contribution >= 4 is 5.97 Å². The smallest absolute Gasteiger partial charge is 0.308 e. The first-order valence-electron chi connectivity index (χ1n) is 6.65. The third-order valence-electron chi connectivity index (χ3n) is 3.22. The van der Waals surface area contributed by atoms with E-state index < -0.39 is 0 Å². The summed E-state index contributed by atoms with van der Waals surface area (Å²) in [6.45, 7) is 2.26. The lowest BCUT2D eigenvalue weighted by Crippen LogP contribution is -2.25. The van der Waals surface area contributed by atoms with Gasteiger partial charge in [0.2, 0.25) is 0 Å². The number of carbonyl (C=O) groups is 1. The van der Waals surface area contributed by atoms with Gasteiger partial charge in [0.25, 0.3) is 0 Å². The third kappa shape index (κ3) is 3.57. The van der Waals surface area contributed by atoms with Gasteiger partial charge in [0.05, 0.1) is 25.2 Å². The minimum Gasteiger partial charge on any atom is -0.466 e. The summed E-state index contributed by atoms with van der Waals surface area (Å²) in [5, 5.41) is 0. The normalized spacial score (nSPS) is 23.6. The zero-order valence-corrected chi connectivity index (χ0v) is 10.8. The molecule has 1 fully saturated rings. The van der Waals surface area contributed by atoms with Gasteiger partial charge in [-0.25, -0.2) is 0 Å². The van der Waals surface area contributed by atoms with Crippen LogP contribution in [0, 0.1) is 0 Å². The first kappa shape index (κ1) is 13.1. The Morgan fingerprint density at radius 1 is 1.33 bits per heavy atom. The highest BCUT2D eigenvalue weighted by Gasteiger charge is 2.25. The van der Waals surface area contributed by atoms with Crippen molar-refractivity contribution in [1.29, 1.82) is 0 Å². The first-order chi connectivity index (χ1) is 8.79. The Balaban J connectivity index is 1.91. The Labute approximate surface area is 108 Å². The summed E-state index contributed by atoms with van der Waals surface area (Å²) in [7, 11) is 0. The maximum absolute atomic E-state index is 11.5. The molecular weight excluding hydrogens is 228 g/mol. The summed E-state index contributed by atoms with van der Waals surface area (Å²) in [6.07, 6.45) is 3.58. The molecular formula is C15H20O3. The quantitative estimate of drug-likeness (QED) is 0.767. The number of hydrogen-bond donors (Lipinski definition) is 0. The van der Waals surface area contributed by atoms with Crippen LogP contribution in [0.4, 0.5) is 0 Å². The predicted molar refractivity (Wildman–Crippen MR) is 69.2 cm³/mol. The molecule has 1 heterocycles. The molecule has 0 spiro atoms. The van der Waals surface area contributed by atoms with Crippen molar-refractivity contribution in [3.8, 4) is 0 Å². The van der Waals surface area contributed by atoms with Crippen LogP contribution in [-0.4, -0.2) is 18.7 Å². The minimum absolute atomic E-state index is 0.00278. The largest absolute Gasteiger partial charge is 0.466 e.